The lowest BCUT2D eigenvalue weighted by molar-refractivity contribution is -0.254. The molecule has 0 saturated heterocycles. The minimum absolute atomic E-state index is 0.223. The first-order valence-electron chi connectivity index (χ1n) is 9.44. The molecule has 4 aliphatic rings. The minimum atomic E-state index is -0.961. The number of rotatable bonds is 1. The molecule has 0 aliphatic heterocycles. The lowest BCUT2D eigenvalue weighted by atomic mass is 9.39. The first-order chi connectivity index (χ1) is 11.2. The Morgan fingerprint density at radius 3 is 2.58 bits per heavy atom. The second-order valence-corrected chi connectivity index (χ2v) is 9.59. The molecule has 0 heterocycles. The Labute approximate surface area is 144 Å². The maximum Gasteiger partial charge on any atom is 0.309 e. The van der Waals surface area contributed by atoms with Gasteiger partial charge in [0.2, 0.25) is 0 Å². The molecule has 4 rings (SSSR count). The molecule has 0 aromatic carbocycles. The molecule has 134 valence electrons. The summed E-state index contributed by atoms with van der Waals surface area (Å²) >= 11 is 0. The average molecular weight is 334 g/mol. The molecule has 0 radical (unpaired) electrons. The normalized spacial score (nSPS) is 56.5. The Morgan fingerprint density at radius 1 is 1.21 bits per heavy atom. The zero-order valence-electron chi connectivity index (χ0n) is 14.8. The summed E-state index contributed by atoms with van der Waals surface area (Å²) in [6.45, 7) is 8.22. The number of aliphatic hydroxyl groups excluding tert-OH is 2. The molecule has 0 aromatic rings. The Bertz CT molecular complexity index is 600. The van der Waals surface area contributed by atoms with Crippen LogP contribution in [0.1, 0.15) is 58.8 Å². The van der Waals surface area contributed by atoms with Crippen molar-refractivity contribution in [1.29, 1.82) is 0 Å². The van der Waals surface area contributed by atoms with E-state index in [1.807, 2.05) is 0 Å². The van der Waals surface area contributed by atoms with Crippen molar-refractivity contribution in [3.8, 4) is 0 Å². The van der Waals surface area contributed by atoms with Crippen LogP contribution in [0, 0.1) is 34.0 Å². The smallest absolute Gasteiger partial charge is 0.309 e. The van der Waals surface area contributed by atoms with Gasteiger partial charge in [0, 0.05) is 11.3 Å². The fourth-order valence-corrected chi connectivity index (χ4v) is 7.68. The van der Waals surface area contributed by atoms with E-state index in [9.17, 15) is 20.1 Å². The van der Waals surface area contributed by atoms with Crippen LogP contribution in [0.2, 0.25) is 0 Å². The van der Waals surface area contributed by atoms with Gasteiger partial charge in [0.25, 0.3) is 0 Å². The van der Waals surface area contributed by atoms with Crippen LogP contribution >= 0.6 is 0 Å². The summed E-state index contributed by atoms with van der Waals surface area (Å²) in [5.74, 6) is -0.460. The largest absolute Gasteiger partial charge is 0.481 e. The molecule has 4 heteroatoms. The molecular formula is C20H30O4. The van der Waals surface area contributed by atoms with Gasteiger partial charge in [-0.25, -0.2) is 0 Å². The van der Waals surface area contributed by atoms with Crippen molar-refractivity contribution in [2.45, 2.75) is 71.0 Å². The van der Waals surface area contributed by atoms with Crippen molar-refractivity contribution in [3.05, 3.63) is 12.2 Å². The molecule has 4 nitrogen and oxygen atoms in total. The van der Waals surface area contributed by atoms with Gasteiger partial charge in [0.15, 0.2) is 0 Å². The Morgan fingerprint density at radius 2 is 1.92 bits per heavy atom. The van der Waals surface area contributed by atoms with Gasteiger partial charge in [-0.15, -0.1) is 0 Å². The fourth-order valence-electron chi connectivity index (χ4n) is 7.68. The van der Waals surface area contributed by atoms with E-state index >= 15 is 0 Å². The second kappa shape index (κ2) is 4.85. The highest BCUT2D eigenvalue weighted by Gasteiger charge is 2.71. The summed E-state index contributed by atoms with van der Waals surface area (Å²) in [7, 11) is 0. The van der Waals surface area contributed by atoms with E-state index < -0.39 is 23.6 Å². The molecule has 4 saturated carbocycles. The maximum absolute atomic E-state index is 12.1. The summed E-state index contributed by atoms with van der Waals surface area (Å²) in [5, 5.41) is 32.2. The predicted octanol–water partition coefficient (Wildman–Crippen LogP) is 2.98. The van der Waals surface area contributed by atoms with Gasteiger partial charge < -0.3 is 15.3 Å². The highest BCUT2D eigenvalue weighted by atomic mass is 16.4. The zero-order chi connectivity index (χ0) is 17.5. The third kappa shape index (κ3) is 1.74. The molecule has 2 unspecified atom stereocenters. The van der Waals surface area contributed by atoms with E-state index in [1.165, 1.54) is 5.57 Å². The van der Waals surface area contributed by atoms with Crippen molar-refractivity contribution >= 4 is 5.97 Å². The van der Waals surface area contributed by atoms with Crippen molar-refractivity contribution in [2.75, 3.05) is 0 Å². The van der Waals surface area contributed by atoms with Gasteiger partial charge >= 0.3 is 5.97 Å². The van der Waals surface area contributed by atoms with E-state index in [4.69, 9.17) is 0 Å². The lowest BCUT2D eigenvalue weighted by Crippen LogP contribution is -2.68. The second-order valence-electron chi connectivity index (χ2n) is 9.59. The molecule has 4 aliphatic carbocycles. The maximum atomic E-state index is 12.1. The number of hydrogen-bond donors (Lipinski definition) is 3. The number of allylic oxidation sites excluding steroid dienone is 1. The van der Waals surface area contributed by atoms with E-state index in [0.29, 0.717) is 12.3 Å². The summed E-state index contributed by atoms with van der Waals surface area (Å²) in [4.78, 5) is 12.1. The topological polar surface area (TPSA) is 77.8 Å². The standard InChI is InChI=1S/C20H30O4/c1-11-9-20-10-12(11)5-6-13(20)18(2)7-4-8-19(3,17(23)24)15(18)14(21)16(20)22/h12-16,21-22H,1,4-10H2,2-3H3,(H,23,24)/t12-,13?,14+,15?,16+,18+,19-,20+/m1/s1. The number of fused-ring (bicyclic) bond motifs is 3. The van der Waals surface area contributed by atoms with Crippen molar-refractivity contribution < 1.29 is 20.1 Å². The van der Waals surface area contributed by atoms with Gasteiger partial charge in [-0.1, -0.05) is 25.5 Å². The van der Waals surface area contributed by atoms with Gasteiger partial charge in [-0.3, -0.25) is 4.79 Å². The number of carbonyl (C=O) groups is 1. The van der Waals surface area contributed by atoms with Crippen LogP contribution in [0.4, 0.5) is 0 Å². The van der Waals surface area contributed by atoms with E-state index in [1.54, 1.807) is 6.92 Å². The van der Waals surface area contributed by atoms with Gasteiger partial charge in [-0.05, 0) is 62.7 Å². The van der Waals surface area contributed by atoms with Crippen LogP contribution in [0.15, 0.2) is 12.2 Å². The van der Waals surface area contributed by atoms with Crippen LogP contribution < -0.4 is 0 Å². The van der Waals surface area contributed by atoms with Crippen LogP contribution in [0.3, 0.4) is 0 Å². The molecule has 1 spiro atoms. The van der Waals surface area contributed by atoms with Crippen LogP contribution in [0.25, 0.3) is 0 Å². The van der Waals surface area contributed by atoms with Gasteiger partial charge in [0.05, 0.1) is 17.6 Å². The van der Waals surface area contributed by atoms with Crippen molar-refractivity contribution in [3.63, 3.8) is 0 Å². The third-order valence-electron chi connectivity index (χ3n) is 8.60. The summed E-state index contributed by atoms with van der Waals surface area (Å²) in [5.41, 5.74) is -0.245. The average Bonchev–Trinajstić information content (AvgIpc) is 2.76. The molecular weight excluding hydrogens is 304 g/mol. The molecule has 24 heavy (non-hydrogen) atoms. The molecule has 3 N–H and O–H groups in total. The summed E-state index contributed by atoms with van der Waals surface area (Å²) in [6, 6.07) is 0. The monoisotopic (exact) mass is 334 g/mol. The van der Waals surface area contributed by atoms with Gasteiger partial charge in [-0.2, -0.15) is 0 Å². The minimum Gasteiger partial charge on any atom is -0.481 e. The molecule has 0 amide bonds. The van der Waals surface area contributed by atoms with E-state index in [-0.39, 0.29) is 22.7 Å². The first kappa shape index (κ1) is 16.6. The van der Waals surface area contributed by atoms with E-state index in [2.05, 4.69) is 13.5 Å². The molecule has 8 atom stereocenters. The van der Waals surface area contributed by atoms with Crippen LogP contribution in [-0.4, -0.2) is 33.5 Å². The summed E-state index contributed by atoms with van der Waals surface area (Å²) in [6.07, 6.45) is 4.46. The predicted molar refractivity (Wildman–Crippen MR) is 90.2 cm³/mol. The van der Waals surface area contributed by atoms with E-state index in [0.717, 1.165) is 38.5 Å². The van der Waals surface area contributed by atoms with Crippen LogP contribution in [0.5, 0.6) is 0 Å². The molecule has 2 bridgehead atoms. The Hall–Kier alpha value is -0.870. The number of hydrogen-bond acceptors (Lipinski definition) is 3. The number of carboxylic acid groups (broad SMARTS) is 1. The third-order valence-corrected chi connectivity index (χ3v) is 8.60. The quantitative estimate of drug-likeness (QED) is 0.644. The summed E-state index contributed by atoms with van der Waals surface area (Å²) < 4.78 is 0. The Kier molecular flexibility index (Phi) is 3.35. The molecule has 4 fully saturated rings. The zero-order valence-corrected chi connectivity index (χ0v) is 14.8. The lowest BCUT2D eigenvalue weighted by Gasteiger charge is -2.66. The SMILES string of the molecule is C=C1C[C@]23C[C@H]1CCC2[C@]1(C)CCC[C@@](C)(C(=O)O)C1[C@H](O)[C@@H]3O. The first-order valence-corrected chi connectivity index (χ1v) is 9.44. The highest BCUT2D eigenvalue weighted by molar-refractivity contribution is 5.75. The highest BCUT2D eigenvalue weighted by Crippen LogP contribution is 2.72. The van der Waals surface area contributed by atoms with Crippen molar-refractivity contribution in [1.82, 2.24) is 0 Å². The fraction of sp³-hybridized carbons (Fsp3) is 0.850. The number of aliphatic hydroxyl groups is 2. The number of aliphatic carboxylic acids is 1. The number of carboxylic acids is 1. The van der Waals surface area contributed by atoms with Crippen LogP contribution in [-0.2, 0) is 4.79 Å². The van der Waals surface area contributed by atoms with Gasteiger partial charge in [0.1, 0.15) is 0 Å². The van der Waals surface area contributed by atoms with Crippen molar-refractivity contribution in [2.24, 2.45) is 34.0 Å². The molecule has 0 aromatic heterocycles. The Balaban J connectivity index is 1.85.